The summed E-state index contributed by atoms with van der Waals surface area (Å²) in [6.07, 6.45) is 24.2. The predicted molar refractivity (Wildman–Crippen MR) is 101 cm³/mol. The summed E-state index contributed by atoms with van der Waals surface area (Å²) < 4.78 is 0. The highest BCUT2D eigenvalue weighted by Gasteiger charge is 2.31. The molecule has 0 fully saturated rings. The molecule has 1 aromatic rings. The quantitative estimate of drug-likeness (QED) is 0.679. The summed E-state index contributed by atoms with van der Waals surface area (Å²) >= 11 is 0. The average Bonchev–Trinajstić information content (AvgIpc) is 2.65. The molecule has 0 N–H and O–H groups in total. The molecule has 0 saturated carbocycles. The molecule has 0 aliphatic heterocycles. The van der Waals surface area contributed by atoms with E-state index in [4.69, 9.17) is 0 Å². The van der Waals surface area contributed by atoms with E-state index < -0.39 is 0 Å². The van der Waals surface area contributed by atoms with Gasteiger partial charge in [-0.15, -0.1) is 0 Å². The van der Waals surface area contributed by atoms with Crippen LogP contribution in [0.5, 0.6) is 0 Å². The summed E-state index contributed by atoms with van der Waals surface area (Å²) in [7, 11) is 0. The van der Waals surface area contributed by atoms with Crippen LogP contribution in [0.3, 0.4) is 0 Å². The summed E-state index contributed by atoms with van der Waals surface area (Å²) in [5, 5.41) is 2.88. The Bertz CT molecular complexity index is 890. The van der Waals surface area contributed by atoms with Gasteiger partial charge in [-0.05, 0) is 59.1 Å². The Kier molecular flexibility index (Phi) is 3.43. The zero-order valence-electron chi connectivity index (χ0n) is 14.1. The molecule has 24 heavy (non-hydrogen) atoms. The highest BCUT2D eigenvalue weighted by Crippen LogP contribution is 2.43. The van der Waals surface area contributed by atoms with Crippen molar-refractivity contribution in [3.63, 3.8) is 0 Å². The molecule has 0 aromatic heterocycles. The molecule has 0 bridgehead atoms. The standard InChI is InChI=1S/C24H24/c1-2-8-18-15-21(14-13-17(18)7-1)24-22-11-5-3-9-19(22)16-20-10-4-6-12-23(20)24/h1,3-7,9-12,14,16-19,22H,2,8,13,15H2. The van der Waals surface area contributed by atoms with Gasteiger partial charge in [0.2, 0.25) is 0 Å². The maximum Gasteiger partial charge on any atom is 0.0128 e. The molecule has 4 atom stereocenters. The van der Waals surface area contributed by atoms with Crippen molar-refractivity contribution < 1.29 is 0 Å². The Labute approximate surface area is 144 Å². The van der Waals surface area contributed by atoms with E-state index in [1.807, 2.05) is 0 Å². The number of hydrogen-bond donors (Lipinski definition) is 0. The average molecular weight is 312 g/mol. The second-order valence-corrected chi connectivity index (χ2v) is 7.64. The summed E-state index contributed by atoms with van der Waals surface area (Å²) in [6.45, 7) is 0. The van der Waals surface area contributed by atoms with Crippen molar-refractivity contribution in [2.24, 2.45) is 23.7 Å². The molecule has 0 spiro atoms. The van der Waals surface area contributed by atoms with Crippen molar-refractivity contribution in [1.82, 2.24) is 0 Å². The molecule has 0 heteroatoms. The number of fused-ring (bicyclic) bond motifs is 3. The lowest BCUT2D eigenvalue weighted by Crippen LogP contribution is -2.37. The summed E-state index contributed by atoms with van der Waals surface area (Å²) in [5.74, 6) is 2.67. The van der Waals surface area contributed by atoms with E-state index in [-0.39, 0.29) is 0 Å². The van der Waals surface area contributed by atoms with Crippen molar-refractivity contribution in [2.45, 2.75) is 25.7 Å². The Morgan fingerprint density at radius 2 is 1.88 bits per heavy atom. The summed E-state index contributed by atoms with van der Waals surface area (Å²) in [4.78, 5) is 0. The van der Waals surface area contributed by atoms with Crippen molar-refractivity contribution in [2.75, 3.05) is 0 Å². The van der Waals surface area contributed by atoms with Gasteiger partial charge in [0.1, 0.15) is 0 Å². The minimum Gasteiger partial charge on any atom is -0.0882 e. The van der Waals surface area contributed by atoms with E-state index >= 15 is 0 Å². The highest BCUT2D eigenvalue weighted by molar-refractivity contribution is 5.72. The smallest absolute Gasteiger partial charge is 0.0128 e. The van der Waals surface area contributed by atoms with Gasteiger partial charge in [0.15, 0.2) is 0 Å². The fourth-order valence-corrected chi connectivity index (χ4v) is 5.07. The molecular formula is C24H24. The van der Waals surface area contributed by atoms with Crippen LogP contribution in [-0.4, -0.2) is 0 Å². The third kappa shape index (κ3) is 2.28. The van der Waals surface area contributed by atoms with Gasteiger partial charge < -0.3 is 0 Å². The molecule has 0 nitrogen and oxygen atoms in total. The minimum absolute atomic E-state index is 0.518. The van der Waals surface area contributed by atoms with Gasteiger partial charge in [0.05, 0.1) is 0 Å². The molecule has 0 radical (unpaired) electrons. The summed E-state index contributed by atoms with van der Waals surface area (Å²) in [6, 6.07) is 8.99. The van der Waals surface area contributed by atoms with Crippen LogP contribution in [0.2, 0.25) is 0 Å². The molecule has 0 saturated heterocycles. The van der Waals surface area contributed by atoms with Crippen molar-refractivity contribution in [1.29, 1.82) is 0 Å². The lowest BCUT2D eigenvalue weighted by atomic mass is 9.68. The van der Waals surface area contributed by atoms with E-state index in [2.05, 4.69) is 72.9 Å². The summed E-state index contributed by atoms with van der Waals surface area (Å²) in [5.41, 5.74) is 3.23. The van der Waals surface area contributed by atoms with Crippen molar-refractivity contribution in [3.8, 4) is 0 Å². The van der Waals surface area contributed by atoms with E-state index in [0.717, 1.165) is 11.8 Å². The first-order valence-corrected chi connectivity index (χ1v) is 9.42. The monoisotopic (exact) mass is 312 g/mol. The van der Waals surface area contributed by atoms with Crippen molar-refractivity contribution in [3.05, 3.63) is 82.8 Å². The molecule has 120 valence electrons. The van der Waals surface area contributed by atoms with Crippen LogP contribution < -0.4 is 10.4 Å². The van der Waals surface area contributed by atoms with E-state index in [9.17, 15) is 0 Å². The van der Waals surface area contributed by atoms with E-state index in [1.165, 1.54) is 36.1 Å². The van der Waals surface area contributed by atoms with Crippen LogP contribution in [-0.2, 0) is 0 Å². The van der Waals surface area contributed by atoms with Crippen LogP contribution in [0.1, 0.15) is 25.7 Å². The Hall–Kier alpha value is -2.08. The van der Waals surface area contributed by atoms with Gasteiger partial charge in [-0.3, -0.25) is 0 Å². The molecule has 0 heterocycles. The third-order valence-corrected chi connectivity index (χ3v) is 6.29. The molecule has 4 unspecified atom stereocenters. The van der Waals surface area contributed by atoms with Gasteiger partial charge in [-0.2, -0.15) is 0 Å². The first kappa shape index (κ1) is 14.3. The highest BCUT2D eigenvalue weighted by atomic mass is 14.4. The van der Waals surface area contributed by atoms with Gasteiger partial charge in [0.25, 0.3) is 0 Å². The Balaban J connectivity index is 1.66. The van der Waals surface area contributed by atoms with Crippen LogP contribution in [0.4, 0.5) is 0 Å². The number of allylic oxidation sites excluding steroid dienone is 8. The second kappa shape index (κ2) is 5.77. The van der Waals surface area contributed by atoms with Gasteiger partial charge in [-0.25, -0.2) is 0 Å². The Morgan fingerprint density at radius 1 is 0.958 bits per heavy atom. The number of benzene rings is 1. The van der Waals surface area contributed by atoms with Crippen LogP contribution in [0.15, 0.2) is 72.4 Å². The zero-order valence-corrected chi connectivity index (χ0v) is 14.1. The maximum atomic E-state index is 2.55. The lowest BCUT2D eigenvalue weighted by Gasteiger charge is -2.36. The number of hydrogen-bond acceptors (Lipinski definition) is 0. The van der Waals surface area contributed by atoms with Crippen LogP contribution in [0, 0.1) is 23.7 Å². The lowest BCUT2D eigenvalue weighted by molar-refractivity contribution is 0.342. The first-order valence-electron chi connectivity index (χ1n) is 9.42. The van der Waals surface area contributed by atoms with Gasteiger partial charge in [0, 0.05) is 11.8 Å². The van der Waals surface area contributed by atoms with Crippen molar-refractivity contribution >= 4 is 11.6 Å². The molecule has 1 aromatic carbocycles. The fourth-order valence-electron chi connectivity index (χ4n) is 5.07. The first-order chi connectivity index (χ1) is 11.9. The zero-order chi connectivity index (χ0) is 15.9. The van der Waals surface area contributed by atoms with E-state index in [0.29, 0.717) is 11.8 Å². The largest absolute Gasteiger partial charge is 0.0882 e. The normalized spacial score (nSPS) is 33.2. The second-order valence-electron chi connectivity index (χ2n) is 7.64. The molecular weight excluding hydrogens is 288 g/mol. The Morgan fingerprint density at radius 3 is 2.88 bits per heavy atom. The van der Waals surface area contributed by atoms with Crippen LogP contribution >= 0.6 is 0 Å². The van der Waals surface area contributed by atoms with E-state index in [1.54, 1.807) is 11.1 Å². The fraction of sp³-hybridized carbons (Fsp3) is 0.333. The molecule has 4 aliphatic carbocycles. The van der Waals surface area contributed by atoms with Gasteiger partial charge in [-0.1, -0.05) is 72.9 Å². The SMILES string of the molecule is C1=CC2C=c3ccccc3=C(C3=CCC4C=CCCC4C3)C2C=C1. The minimum atomic E-state index is 0.518. The van der Waals surface area contributed by atoms with Crippen LogP contribution in [0.25, 0.3) is 11.6 Å². The maximum absolute atomic E-state index is 2.55. The third-order valence-electron chi connectivity index (χ3n) is 6.29. The molecule has 4 aliphatic rings. The molecule has 5 rings (SSSR count). The molecule has 0 amide bonds. The topological polar surface area (TPSA) is 0 Å². The number of rotatable bonds is 1. The van der Waals surface area contributed by atoms with Gasteiger partial charge >= 0.3 is 0 Å². The predicted octanol–water partition coefficient (Wildman–Crippen LogP) is 4.29.